The van der Waals surface area contributed by atoms with Crippen LogP contribution in [0.1, 0.15) is 19.4 Å². The zero-order valence-corrected chi connectivity index (χ0v) is 16.9. The summed E-state index contributed by atoms with van der Waals surface area (Å²) in [6.07, 6.45) is 0.419. The molecule has 1 aliphatic heterocycles. The van der Waals surface area contributed by atoms with Crippen LogP contribution in [0.3, 0.4) is 0 Å². The Kier molecular flexibility index (Phi) is 5.41. The number of anilines is 3. The molecule has 0 unspecified atom stereocenters. The van der Waals surface area contributed by atoms with Gasteiger partial charge in [0.25, 0.3) is 11.5 Å². The summed E-state index contributed by atoms with van der Waals surface area (Å²) in [5, 5.41) is 12.7. The number of halogens is 2. The molecule has 0 aliphatic carbocycles. The number of amides is 1. The highest BCUT2D eigenvalue weighted by Crippen LogP contribution is 2.36. The summed E-state index contributed by atoms with van der Waals surface area (Å²) in [5.74, 6) is -2.63. The summed E-state index contributed by atoms with van der Waals surface area (Å²) in [6.45, 7) is 3.17. The van der Waals surface area contributed by atoms with Gasteiger partial charge in [-0.3, -0.25) is 14.6 Å². The molecule has 1 aliphatic rings. The van der Waals surface area contributed by atoms with E-state index in [1.807, 2.05) is 13.8 Å². The molecule has 13 heteroatoms. The molecule has 4 N–H and O–H groups in total. The van der Waals surface area contributed by atoms with Gasteiger partial charge in [-0.15, -0.1) is 0 Å². The van der Waals surface area contributed by atoms with Crippen LogP contribution in [0.2, 0.25) is 5.15 Å². The molecule has 2 aromatic rings. The quantitative estimate of drug-likeness (QED) is 0.509. The fourth-order valence-electron chi connectivity index (χ4n) is 2.80. The van der Waals surface area contributed by atoms with Crippen LogP contribution in [-0.4, -0.2) is 35.9 Å². The maximum Gasteiger partial charge on any atom is 0.326 e. The van der Waals surface area contributed by atoms with E-state index < -0.39 is 45.5 Å². The Morgan fingerprint density at radius 1 is 1.38 bits per heavy atom. The number of rotatable bonds is 5. The van der Waals surface area contributed by atoms with Gasteiger partial charge in [-0.2, -0.15) is 8.42 Å². The number of hydrogen-bond acceptors (Lipinski definition) is 7. The number of nitrogens with one attached hydrogen (secondary N) is 3. The molecule has 156 valence electrons. The molecule has 29 heavy (non-hydrogen) atoms. The van der Waals surface area contributed by atoms with E-state index in [2.05, 4.69) is 15.3 Å². The number of carbonyl (C=O) groups excluding carboxylic acids is 1. The average Bonchev–Trinajstić information content (AvgIpc) is 2.82. The fourth-order valence-corrected chi connectivity index (χ4v) is 4.22. The monoisotopic (exact) mass is 445 g/mol. The lowest BCUT2D eigenvalue weighted by Gasteiger charge is -2.18. The minimum absolute atomic E-state index is 0.0148. The molecule has 0 bridgehead atoms. The molecule has 1 amide bonds. The van der Waals surface area contributed by atoms with Crippen molar-refractivity contribution in [1.82, 2.24) is 14.7 Å². The third-order valence-electron chi connectivity index (χ3n) is 3.95. The number of H-pyrrole nitrogens is 1. The molecule has 1 saturated heterocycles. The highest BCUT2D eigenvalue weighted by Gasteiger charge is 2.37. The van der Waals surface area contributed by atoms with Crippen molar-refractivity contribution < 1.29 is 22.7 Å². The van der Waals surface area contributed by atoms with Crippen molar-refractivity contribution >= 4 is 45.0 Å². The SMILES string of the molecule is CC(C)Cc1c(Cl)nc(Nc2cc(O)c(N3CC(=O)NS3(=O)=O)c(F)c2)[nH]c1=O. The Bertz CT molecular complexity index is 1130. The number of aromatic amines is 1. The molecule has 3 rings (SSSR count). The number of benzene rings is 1. The Labute approximate surface area is 169 Å². The standard InChI is InChI=1S/C16H17ClFN5O5S/c1-7(2)3-9-14(17)20-16(21-15(9)26)19-8-4-10(18)13(11(24)5-8)23-6-12(25)22-29(23,27)28/h4-5,7,24H,3,6H2,1-2H3,(H,22,25)(H2,19,20,21,26). The number of carbonyl (C=O) groups is 1. The smallest absolute Gasteiger partial charge is 0.326 e. The molecule has 0 spiro atoms. The van der Waals surface area contributed by atoms with Gasteiger partial charge >= 0.3 is 10.2 Å². The first-order valence-corrected chi connectivity index (χ1v) is 10.2. The summed E-state index contributed by atoms with van der Waals surface area (Å²) in [7, 11) is -4.30. The van der Waals surface area contributed by atoms with E-state index in [-0.39, 0.29) is 22.7 Å². The zero-order valence-electron chi connectivity index (χ0n) is 15.3. The van der Waals surface area contributed by atoms with Crippen molar-refractivity contribution in [3.05, 3.63) is 39.0 Å². The Hall–Kier alpha value is -2.86. The molecule has 1 aromatic carbocycles. The fraction of sp³-hybridized carbons (Fsp3) is 0.312. The maximum atomic E-state index is 14.5. The van der Waals surface area contributed by atoms with E-state index in [4.69, 9.17) is 11.6 Å². The highest BCUT2D eigenvalue weighted by atomic mass is 35.5. The minimum atomic E-state index is -4.30. The number of phenolic OH excluding ortho intramolecular Hbond substituents is 1. The van der Waals surface area contributed by atoms with Gasteiger partial charge in [-0.05, 0) is 18.4 Å². The number of nitrogens with zero attached hydrogens (tertiary/aromatic N) is 2. The predicted molar refractivity (Wildman–Crippen MR) is 104 cm³/mol. The van der Waals surface area contributed by atoms with E-state index in [0.29, 0.717) is 16.3 Å². The molecule has 0 atom stereocenters. The molecule has 10 nitrogen and oxygen atoms in total. The maximum absolute atomic E-state index is 14.5. The normalized spacial score (nSPS) is 15.6. The second-order valence-electron chi connectivity index (χ2n) is 6.77. The molecule has 0 radical (unpaired) electrons. The van der Waals surface area contributed by atoms with Gasteiger partial charge < -0.3 is 10.4 Å². The van der Waals surface area contributed by atoms with Crippen LogP contribution in [-0.2, 0) is 21.4 Å². The Morgan fingerprint density at radius 2 is 2.07 bits per heavy atom. The Balaban J connectivity index is 1.93. The number of aromatic hydroxyl groups is 1. The molecule has 2 heterocycles. The van der Waals surface area contributed by atoms with Gasteiger partial charge in [0.05, 0.1) is 5.56 Å². The van der Waals surface area contributed by atoms with Gasteiger partial charge in [0, 0.05) is 11.8 Å². The molecular formula is C16H17ClFN5O5S. The van der Waals surface area contributed by atoms with Crippen LogP contribution < -0.4 is 19.9 Å². The van der Waals surface area contributed by atoms with Crippen LogP contribution in [0, 0.1) is 11.7 Å². The van der Waals surface area contributed by atoms with Crippen LogP contribution in [0.4, 0.5) is 21.7 Å². The van der Waals surface area contributed by atoms with Crippen molar-refractivity contribution in [2.75, 3.05) is 16.2 Å². The largest absolute Gasteiger partial charge is 0.506 e. The van der Waals surface area contributed by atoms with Gasteiger partial charge in [-0.25, -0.2) is 18.4 Å². The van der Waals surface area contributed by atoms with Gasteiger partial charge in [0.1, 0.15) is 23.1 Å². The number of phenols is 1. The van der Waals surface area contributed by atoms with E-state index in [1.165, 1.54) is 0 Å². The van der Waals surface area contributed by atoms with E-state index in [9.17, 15) is 27.5 Å². The molecule has 1 fully saturated rings. The summed E-state index contributed by atoms with van der Waals surface area (Å²) >= 11 is 6.06. The zero-order chi connectivity index (χ0) is 21.5. The van der Waals surface area contributed by atoms with E-state index in [1.54, 1.807) is 4.72 Å². The van der Waals surface area contributed by atoms with Crippen LogP contribution >= 0.6 is 11.6 Å². The Morgan fingerprint density at radius 3 is 2.59 bits per heavy atom. The van der Waals surface area contributed by atoms with Crippen molar-refractivity contribution in [3.63, 3.8) is 0 Å². The second kappa shape index (κ2) is 7.52. The first-order valence-electron chi connectivity index (χ1n) is 8.39. The van der Waals surface area contributed by atoms with Crippen molar-refractivity contribution in [1.29, 1.82) is 0 Å². The van der Waals surface area contributed by atoms with Crippen LogP contribution in [0.5, 0.6) is 5.75 Å². The molecule has 0 saturated carbocycles. The van der Waals surface area contributed by atoms with Crippen molar-refractivity contribution in [2.24, 2.45) is 5.92 Å². The topological polar surface area (TPSA) is 144 Å². The third kappa shape index (κ3) is 4.27. The van der Waals surface area contributed by atoms with Gasteiger partial charge in [-0.1, -0.05) is 25.4 Å². The van der Waals surface area contributed by atoms with E-state index in [0.717, 1.165) is 12.1 Å². The number of hydrogen-bond donors (Lipinski definition) is 4. The number of aromatic nitrogens is 2. The van der Waals surface area contributed by atoms with Gasteiger partial charge in [0.2, 0.25) is 5.95 Å². The van der Waals surface area contributed by atoms with Gasteiger partial charge in [0.15, 0.2) is 5.82 Å². The second-order valence-corrected chi connectivity index (χ2v) is 8.72. The highest BCUT2D eigenvalue weighted by molar-refractivity contribution is 7.92. The minimum Gasteiger partial charge on any atom is -0.506 e. The van der Waals surface area contributed by atoms with Crippen molar-refractivity contribution in [3.8, 4) is 5.75 Å². The predicted octanol–water partition coefficient (Wildman–Crippen LogP) is 1.39. The lowest BCUT2D eigenvalue weighted by Crippen LogP contribution is -2.30. The van der Waals surface area contributed by atoms with Crippen LogP contribution in [0.25, 0.3) is 0 Å². The summed E-state index contributed by atoms with van der Waals surface area (Å²) < 4.78 is 40.4. The van der Waals surface area contributed by atoms with E-state index >= 15 is 0 Å². The molecular weight excluding hydrogens is 429 g/mol. The first-order chi connectivity index (χ1) is 13.5. The lowest BCUT2D eigenvalue weighted by molar-refractivity contribution is -0.117. The molecule has 1 aromatic heterocycles. The lowest BCUT2D eigenvalue weighted by atomic mass is 10.1. The third-order valence-corrected chi connectivity index (χ3v) is 5.64. The average molecular weight is 446 g/mol. The first kappa shape index (κ1) is 20.9. The summed E-state index contributed by atoms with van der Waals surface area (Å²) in [4.78, 5) is 30.0. The summed E-state index contributed by atoms with van der Waals surface area (Å²) in [5.41, 5.74) is -0.862. The van der Waals surface area contributed by atoms with Crippen LogP contribution in [0.15, 0.2) is 16.9 Å². The van der Waals surface area contributed by atoms with Crippen molar-refractivity contribution in [2.45, 2.75) is 20.3 Å². The summed E-state index contributed by atoms with van der Waals surface area (Å²) in [6, 6.07) is 1.90.